The third kappa shape index (κ3) is 2.34. The molecule has 0 aromatic rings. The Morgan fingerprint density at radius 2 is 1.70 bits per heavy atom. The number of rotatable bonds is 3. The van der Waals surface area contributed by atoms with Crippen molar-refractivity contribution in [3.05, 3.63) is 0 Å². The highest BCUT2D eigenvalue weighted by Crippen LogP contribution is 2.12. The summed E-state index contributed by atoms with van der Waals surface area (Å²) < 4.78 is 0. The number of carboxylic acid groups (broad SMARTS) is 2. The molecule has 0 radical (unpaired) electrons. The SMILES string of the molecule is C[C@@H](C(=O)O)[C@@H](Br)C(=O)O. The highest BCUT2D eigenvalue weighted by molar-refractivity contribution is 9.10. The number of alkyl halides is 1. The Bertz CT molecular complexity index is 138. The van der Waals surface area contributed by atoms with Crippen LogP contribution in [-0.4, -0.2) is 27.0 Å². The van der Waals surface area contributed by atoms with Crippen LogP contribution in [0.25, 0.3) is 0 Å². The fraction of sp³-hybridized carbons (Fsp3) is 0.600. The first-order chi connectivity index (χ1) is 4.46. The molecule has 0 aliphatic carbocycles. The van der Waals surface area contributed by atoms with Crippen molar-refractivity contribution in [1.29, 1.82) is 0 Å². The molecule has 0 saturated heterocycles. The topological polar surface area (TPSA) is 74.6 Å². The predicted octanol–water partition coefficient (Wildman–Crippen LogP) is 0.555. The van der Waals surface area contributed by atoms with Crippen molar-refractivity contribution < 1.29 is 19.8 Å². The Balaban J connectivity index is 4.07. The Labute approximate surface area is 66.0 Å². The monoisotopic (exact) mass is 210 g/mol. The largest absolute Gasteiger partial charge is 0.481 e. The molecule has 58 valence electrons. The van der Waals surface area contributed by atoms with E-state index in [-0.39, 0.29) is 0 Å². The van der Waals surface area contributed by atoms with Crippen LogP contribution < -0.4 is 0 Å². The molecule has 0 aliphatic heterocycles. The quantitative estimate of drug-likeness (QED) is 0.668. The van der Waals surface area contributed by atoms with E-state index in [1.54, 1.807) is 0 Å². The second-order valence-corrected chi connectivity index (χ2v) is 2.85. The Hall–Kier alpha value is -0.580. The molecule has 0 aromatic carbocycles. The van der Waals surface area contributed by atoms with Gasteiger partial charge in [0.25, 0.3) is 0 Å². The third-order valence-corrected chi connectivity index (χ3v) is 2.25. The molecule has 0 unspecified atom stereocenters. The summed E-state index contributed by atoms with van der Waals surface area (Å²) >= 11 is 2.73. The van der Waals surface area contributed by atoms with Crippen LogP contribution in [-0.2, 0) is 9.59 Å². The van der Waals surface area contributed by atoms with Crippen LogP contribution in [0, 0.1) is 5.92 Å². The van der Waals surface area contributed by atoms with Gasteiger partial charge < -0.3 is 10.2 Å². The second kappa shape index (κ2) is 3.55. The van der Waals surface area contributed by atoms with Gasteiger partial charge in [0.05, 0.1) is 5.92 Å². The lowest BCUT2D eigenvalue weighted by atomic mass is 10.1. The second-order valence-electron chi connectivity index (χ2n) is 1.87. The minimum atomic E-state index is -1.16. The lowest BCUT2D eigenvalue weighted by Gasteiger charge is -2.07. The van der Waals surface area contributed by atoms with Gasteiger partial charge in [0.2, 0.25) is 0 Å². The van der Waals surface area contributed by atoms with Gasteiger partial charge in [-0.3, -0.25) is 9.59 Å². The van der Waals surface area contributed by atoms with E-state index in [0.717, 1.165) is 0 Å². The van der Waals surface area contributed by atoms with Crippen molar-refractivity contribution in [2.75, 3.05) is 0 Å². The standard InChI is InChI=1S/C5H7BrO4/c1-2(4(7)8)3(6)5(9)10/h2-3H,1H3,(H,7,8)(H,9,10)/t2-,3-/m1/s1. The smallest absolute Gasteiger partial charge is 0.318 e. The fourth-order valence-electron chi connectivity index (χ4n) is 0.339. The lowest BCUT2D eigenvalue weighted by Crippen LogP contribution is -2.27. The number of aliphatic carboxylic acids is 2. The van der Waals surface area contributed by atoms with Crippen LogP contribution in [0.3, 0.4) is 0 Å². The van der Waals surface area contributed by atoms with Gasteiger partial charge in [0, 0.05) is 0 Å². The van der Waals surface area contributed by atoms with Gasteiger partial charge in [0.15, 0.2) is 0 Å². The molecule has 0 fully saturated rings. The first-order valence-electron chi connectivity index (χ1n) is 2.56. The average molecular weight is 211 g/mol. The zero-order valence-electron chi connectivity index (χ0n) is 5.24. The van der Waals surface area contributed by atoms with E-state index < -0.39 is 22.7 Å². The highest BCUT2D eigenvalue weighted by atomic mass is 79.9. The summed E-state index contributed by atoms with van der Waals surface area (Å²) in [4.78, 5) is 19.3. The van der Waals surface area contributed by atoms with Crippen LogP contribution in [0.2, 0.25) is 0 Å². The maximum Gasteiger partial charge on any atom is 0.318 e. The van der Waals surface area contributed by atoms with E-state index in [1.807, 2.05) is 0 Å². The van der Waals surface area contributed by atoms with E-state index in [0.29, 0.717) is 0 Å². The summed E-state index contributed by atoms with van der Waals surface area (Å²) in [6.45, 7) is 1.33. The average Bonchev–Trinajstić information content (AvgIpc) is 1.84. The van der Waals surface area contributed by atoms with E-state index in [9.17, 15) is 9.59 Å². The Kier molecular flexibility index (Phi) is 3.35. The van der Waals surface area contributed by atoms with Crippen molar-refractivity contribution in [3.8, 4) is 0 Å². The molecular formula is C5H7BrO4. The molecular weight excluding hydrogens is 204 g/mol. The molecule has 2 atom stereocenters. The Morgan fingerprint density at radius 3 is 1.80 bits per heavy atom. The van der Waals surface area contributed by atoms with E-state index in [1.165, 1.54) is 6.92 Å². The van der Waals surface area contributed by atoms with Crippen LogP contribution >= 0.6 is 15.9 Å². The Morgan fingerprint density at radius 1 is 1.30 bits per heavy atom. The lowest BCUT2D eigenvalue weighted by molar-refractivity contribution is -0.146. The highest BCUT2D eigenvalue weighted by Gasteiger charge is 2.26. The van der Waals surface area contributed by atoms with Gasteiger partial charge in [-0.1, -0.05) is 22.9 Å². The molecule has 5 heteroatoms. The molecule has 4 nitrogen and oxygen atoms in total. The van der Waals surface area contributed by atoms with Crippen LogP contribution in [0.15, 0.2) is 0 Å². The van der Waals surface area contributed by atoms with Gasteiger partial charge in [-0.25, -0.2) is 0 Å². The van der Waals surface area contributed by atoms with Crippen LogP contribution in [0.5, 0.6) is 0 Å². The normalized spacial score (nSPS) is 15.8. The van der Waals surface area contributed by atoms with Crippen molar-refractivity contribution in [2.45, 2.75) is 11.8 Å². The molecule has 0 amide bonds. The first kappa shape index (κ1) is 9.42. The molecule has 10 heavy (non-hydrogen) atoms. The molecule has 0 heterocycles. The van der Waals surface area contributed by atoms with E-state index >= 15 is 0 Å². The fourth-order valence-corrected chi connectivity index (χ4v) is 0.565. The molecule has 0 aliphatic rings. The summed E-state index contributed by atoms with van der Waals surface area (Å²) in [7, 11) is 0. The van der Waals surface area contributed by atoms with Gasteiger partial charge in [-0.15, -0.1) is 0 Å². The van der Waals surface area contributed by atoms with Gasteiger partial charge in [0.1, 0.15) is 4.83 Å². The summed E-state index contributed by atoms with van der Waals surface area (Å²) in [5, 5.41) is 16.6. The van der Waals surface area contributed by atoms with Crippen LogP contribution in [0.4, 0.5) is 0 Å². The van der Waals surface area contributed by atoms with Crippen molar-refractivity contribution >= 4 is 27.9 Å². The zero-order valence-corrected chi connectivity index (χ0v) is 6.83. The number of carboxylic acids is 2. The first-order valence-corrected chi connectivity index (χ1v) is 3.48. The minimum absolute atomic E-state index is 0.905. The van der Waals surface area contributed by atoms with Gasteiger partial charge in [-0.05, 0) is 0 Å². The molecule has 0 bridgehead atoms. The summed E-state index contributed by atoms with van der Waals surface area (Å²) in [6, 6.07) is 0. The number of hydrogen-bond acceptors (Lipinski definition) is 2. The number of halogens is 1. The molecule has 0 saturated carbocycles. The van der Waals surface area contributed by atoms with Crippen molar-refractivity contribution in [1.82, 2.24) is 0 Å². The number of hydrogen-bond donors (Lipinski definition) is 2. The van der Waals surface area contributed by atoms with Crippen molar-refractivity contribution in [2.24, 2.45) is 5.92 Å². The molecule has 2 N–H and O–H groups in total. The minimum Gasteiger partial charge on any atom is -0.481 e. The molecule has 0 spiro atoms. The third-order valence-electron chi connectivity index (χ3n) is 1.06. The zero-order chi connectivity index (χ0) is 8.31. The summed E-state index contributed by atoms with van der Waals surface area (Å²) in [5.74, 6) is -3.18. The summed E-state index contributed by atoms with van der Waals surface area (Å²) in [6.07, 6.45) is 0. The van der Waals surface area contributed by atoms with E-state index in [2.05, 4.69) is 15.9 Å². The van der Waals surface area contributed by atoms with Gasteiger partial charge >= 0.3 is 11.9 Å². The summed E-state index contributed by atoms with van der Waals surface area (Å²) in [5.41, 5.74) is 0. The molecule has 0 aromatic heterocycles. The predicted molar refractivity (Wildman–Crippen MR) is 37.2 cm³/mol. The maximum absolute atomic E-state index is 10.2. The van der Waals surface area contributed by atoms with Crippen molar-refractivity contribution in [3.63, 3.8) is 0 Å². The number of carbonyl (C=O) groups is 2. The van der Waals surface area contributed by atoms with Gasteiger partial charge in [-0.2, -0.15) is 0 Å². The van der Waals surface area contributed by atoms with E-state index in [4.69, 9.17) is 10.2 Å². The molecule has 0 rings (SSSR count). The van der Waals surface area contributed by atoms with Crippen LogP contribution in [0.1, 0.15) is 6.92 Å². The maximum atomic E-state index is 10.2.